The number of nitrogens with two attached hydrogens (primary N) is 1. The van der Waals surface area contributed by atoms with E-state index in [0.717, 1.165) is 42.6 Å². The van der Waals surface area contributed by atoms with E-state index in [2.05, 4.69) is 19.7 Å². The van der Waals surface area contributed by atoms with Crippen LogP contribution in [0.15, 0.2) is 15.5 Å². The third-order valence-corrected chi connectivity index (χ3v) is 7.54. The molecular formula is C19H23FN6O2S. The molecule has 1 aromatic heterocycles. The van der Waals surface area contributed by atoms with Crippen LogP contribution in [0, 0.1) is 5.82 Å². The van der Waals surface area contributed by atoms with Gasteiger partial charge in [-0.15, -0.1) is 4.36 Å². The second-order valence-electron chi connectivity index (χ2n) is 7.96. The van der Waals surface area contributed by atoms with Crippen molar-refractivity contribution in [3.8, 4) is 0 Å². The zero-order valence-electron chi connectivity index (χ0n) is 16.2. The van der Waals surface area contributed by atoms with E-state index in [9.17, 15) is 13.4 Å². The summed E-state index contributed by atoms with van der Waals surface area (Å²) < 4.78 is 33.2. The third kappa shape index (κ3) is 2.97. The molecule has 5 rings (SSSR count). The van der Waals surface area contributed by atoms with E-state index in [1.807, 2.05) is 7.05 Å². The minimum Gasteiger partial charge on any atom is -0.305 e. The van der Waals surface area contributed by atoms with Crippen LogP contribution in [-0.4, -0.2) is 38.5 Å². The second-order valence-corrected chi connectivity index (χ2v) is 9.72. The summed E-state index contributed by atoms with van der Waals surface area (Å²) in [5.41, 5.74) is 4.41. The van der Waals surface area contributed by atoms with Crippen LogP contribution in [0.25, 0.3) is 0 Å². The fourth-order valence-electron chi connectivity index (χ4n) is 4.56. The van der Waals surface area contributed by atoms with Gasteiger partial charge in [0.25, 0.3) is 0 Å². The zero-order chi connectivity index (χ0) is 20.3. The smallest absolute Gasteiger partial charge is 0.305 e. The minimum atomic E-state index is -3.45. The molecule has 29 heavy (non-hydrogen) atoms. The highest BCUT2D eigenvalue weighted by molar-refractivity contribution is 7.91. The summed E-state index contributed by atoms with van der Waals surface area (Å²) in [4.78, 5) is 15.0. The molecule has 3 N–H and O–H groups in total. The first-order valence-electron chi connectivity index (χ1n) is 9.79. The van der Waals surface area contributed by atoms with Gasteiger partial charge < -0.3 is 5.32 Å². The average Bonchev–Trinajstić information content (AvgIpc) is 3.25. The first kappa shape index (κ1) is 18.7. The van der Waals surface area contributed by atoms with E-state index in [1.165, 1.54) is 6.20 Å². The van der Waals surface area contributed by atoms with Crippen molar-refractivity contribution < 1.29 is 13.4 Å². The fourth-order valence-corrected chi connectivity index (χ4v) is 5.66. The number of halogens is 1. The Kier molecular flexibility index (Phi) is 4.27. The molecule has 0 saturated carbocycles. The lowest BCUT2D eigenvalue weighted by Crippen LogP contribution is -2.32. The van der Waals surface area contributed by atoms with Crippen molar-refractivity contribution in [2.24, 2.45) is 9.50 Å². The Morgan fingerprint density at radius 2 is 1.90 bits per heavy atom. The van der Waals surface area contributed by atoms with Crippen molar-refractivity contribution in [2.45, 2.75) is 50.1 Å². The van der Waals surface area contributed by atoms with E-state index >= 15 is 0 Å². The summed E-state index contributed by atoms with van der Waals surface area (Å²) >= 11 is 0. The average molecular weight is 418 g/mol. The van der Waals surface area contributed by atoms with Crippen LogP contribution in [0.4, 0.5) is 14.9 Å². The molecule has 0 bridgehead atoms. The SMILES string of the molecule is CN1CCn2ncc(S(N)(=O)=NC(=O)Nc3c4c(c(F)c5c3CC5)CCC4)c2C1. The molecule has 1 aromatic carbocycles. The number of nitrogens with one attached hydrogen (secondary N) is 1. The molecule has 2 aliphatic carbocycles. The maximum atomic E-state index is 14.6. The zero-order valence-corrected chi connectivity index (χ0v) is 17.0. The van der Waals surface area contributed by atoms with Gasteiger partial charge >= 0.3 is 6.03 Å². The Balaban J connectivity index is 1.48. The summed E-state index contributed by atoms with van der Waals surface area (Å²) in [6.07, 6.45) is 5.10. The first-order chi connectivity index (χ1) is 13.8. The molecule has 8 nitrogen and oxygen atoms in total. The van der Waals surface area contributed by atoms with Crippen molar-refractivity contribution >= 4 is 21.6 Å². The number of anilines is 1. The van der Waals surface area contributed by atoms with Gasteiger partial charge in [-0.25, -0.2) is 18.5 Å². The number of urea groups is 1. The second kappa shape index (κ2) is 6.61. The van der Waals surface area contributed by atoms with Gasteiger partial charge in [0.1, 0.15) is 20.6 Å². The van der Waals surface area contributed by atoms with E-state index < -0.39 is 15.9 Å². The van der Waals surface area contributed by atoms with E-state index in [0.29, 0.717) is 42.7 Å². The Morgan fingerprint density at radius 3 is 2.66 bits per heavy atom. The van der Waals surface area contributed by atoms with Gasteiger partial charge in [-0.3, -0.25) is 9.58 Å². The normalized spacial score (nSPS) is 19.6. The van der Waals surface area contributed by atoms with E-state index in [1.54, 1.807) is 4.68 Å². The number of benzene rings is 1. The number of carbonyl (C=O) groups is 1. The van der Waals surface area contributed by atoms with Gasteiger partial charge in [0.15, 0.2) is 0 Å². The molecule has 1 atom stereocenters. The summed E-state index contributed by atoms with van der Waals surface area (Å²) in [5, 5.41) is 13.0. The Hall–Kier alpha value is -2.30. The molecule has 0 spiro atoms. The molecule has 10 heteroatoms. The highest BCUT2D eigenvalue weighted by Crippen LogP contribution is 2.42. The molecular weight excluding hydrogens is 395 g/mol. The van der Waals surface area contributed by atoms with Crippen LogP contribution in [-0.2, 0) is 48.7 Å². The summed E-state index contributed by atoms with van der Waals surface area (Å²) in [7, 11) is -1.50. The van der Waals surface area contributed by atoms with Gasteiger partial charge in [-0.2, -0.15) is 5.10 Å². The van der Waals surface area contributed by atoms with Crippen molar-refractivity contribution in [2.75, 3.05) is 18.9 Å². The molecule has 3 aliphatic rings. The predicted octanol–water partition coefficient (Wildman–Crippen LogP) is 1.99. The maximum Gasteiger partial charge on any atom is 0.354 e. The number of nitrogens with zero attached hydrogens (tertiary/aromatic N) is 4. The Labute approximate surface area is 168 Å². The van der Waals surface area contributed by atoms with Crippen molar-refractivity contribution in [1.82, 2.24) is 14.7 Å². The number of carbonyl (C=O) groups excluding carboxylic acids is 1. The molecule has 0 radical (unpaired) electrons. The lowest BCUT2D eigenvalue weighted by atomic mass is 9.83. The predicted molar refractivity (Wildman–Crippen MR) is 106 cm³/mol. The lowest BCUT2D eigenvalue weighted by Gasteiger charge is -2.26. The van der Waals surface area contributed by atoms with Gasteiger partial charge in [0.05, 0.1) is 18.4 Å². The van der Waals surface area contributed by atoms with Gasteiger partial charge in [-0.05, 0) is 61.4 Å². The largest absolute Gasteiger partial charge is 0.354 e. The van der Waals surface area contributed by atoms with Gasteiger partial charge in [0.2, 0.25) is 0 Å². The first-order valence-corrected chi connectivity index (χ1v) is 11.4. The maximum absolute atomic E-state index is 14.6. The molecule has 154 valence electrons. The van der Waals surface area contributed by atoms with E-state index in [-0.39, 0.29) is 10.7 Å². The Morgan fingerprint density at radius 1 is 1.21 bits per heavy atom. The Bertz CT molecular complexity index is 1160. The van der Waals surface area contributed by atoms with Crippen molar-refractivity contribution in [1.29, 1.82) is 0 Å². The minimum absolute atomic E-state index is 0.119. The summed E-state index contributed by atoms with van der Waals surface area (Å²) in [6.45, 7) is 2.04. The number of likely N-dealkylation sites (N-methyl/N-ethyl adjacent to an activating group) is 1. The van der Waals surface area contributed by atoms with Gasteiger partial charge in [-0.1, -0.05) is 0 Å². The molecule has 0 fully saturated rings. The standard InChI is InChI=1S/C19H23FN6O2S/c1-25-7-8-26-15(10-25)16(9-22-26)29(21,28)24-19(27)23-18-13-4-2-3-11(13)17(20)12-5-6-14(12)18/h9H,2-8,10H2,1H3,(H3,21,23,24,27,28). The number of hydrogen-bond donors (Lipinski definition) is 2. The van der Waals surface area contributed by atoms with Crippen LogP contribution >= 0.6 is 0 Å². The van der Waals surface area contributed by atoms with Crippen LogP contribution in [0.1, 0.15) is 34.4 Å². The molecule has 0 saturated heterocycles. The lowest BCUT2D eigenvalue weighted by molar-refractivity contribution is 0.256. The number of hydrogen-bond acceptors (Lipinski definition) is 4. The number of aromatic nitrogens is 2. The van der Waals surface area contributed by atoms with Crippen LogP contribution in [0.2, 0.25) is 0 Å². The summed E-state index contributed by atoms with van der Waals surface area (Å²) in [6, 6.07) is -0.767. The number of rotatable bonds is 2. The monoisotopic (exact) mass is 418 g/mol. The van der Waals surface area contributed by atoms with Crippen molar-refractivity contribution in [3.05, 3.63) is 40.0 Å². The van der Waals surface area contributed by atoms with Crippen LogP contribution in [0.3, 0.4) is 0 Å². The van der Waals surface area contributed by atoms with Crippen molar-refractivity contribution in [3.63, 3.8) is 0 Å². The van der Waals surface area contributed by atoms with Gasteiger partial charge in [0, 0.05) is 18.8 Å². The number of amides is 2. The molecule has 2 amide bonds. The summed E-state index contributed by atoms with van der Waals surface area (Å²) in [5.74, 6) is -0.119. The third-order valence-electron chi connectivity index (χ3n) is 6.13. The quantitative estimate of drug-likeness (QED) is 0.778. The topological polar surface area (TPSA) is 106 Å². The van der Waals surface area contributed by atoms with Crippen LogP contribution < -0.4 is 10.5 Å². The molecule has 2 aromatic rings. The van der Waals surface area contributed by atoms with Crippen LogP contribution in [0.5, 0.6) is 0 Å². The fraction of sp³-hybridized carbons (Fsp3) is 0.474. The highest BCUT2D eigenvalue weighted by Gasteiger charge is 2.32. The van der Waals surface area contributed by atoms with E-state index in [4.69, 9.17) is 5.14 Å². The number of fused-ring (bicyclic) bond motifs is 3. The molecule has 1 unspecified atom stereocenters. The molecule has 2 heterocycles. The highest BCUT2D eigenvalue weighted by atomic mass is 32.2. The molecule has 1 aliphatic heterocycles.